The van der Waals surface area contributed by atoms with E-state index in [-0.39, 0.29) is 24.6 Å². The van der Waals surface area contributed by atoms with Gasteiger partial charge in [0.05, 0.1) is 11.5 Å². The van der Waals surface area contributed by atoms with Crippen molar-refractivity contribution in [2.45, 2.75) is 20.4 Å². The van der Waals surface area contributed by atoms with E-state index < -0.39 is 4.92 Å². The van der Waals surface area contributed by atoms with Gasteiger partial charge >= 0.3 is 0 Å². The molecule has 0 amide bonds. The molecule has 0 aliphatic carbocycles. The zero-order chi connectivity index (χ0) is 12.1. The summed E-state index contributed by atoms with van der Waals surface area (Å²) >= 11 is 0. The van der Waals surface area contributed by atoms with Gasteiger partial charge in [-0.15, -0.1) is 12.4 Å². The summed E-state index contributed by atoms with van der Waals surface area (Å²) in [6.45, 7) is 4.88. The summed E-state index contributed by atoms with van der Waals surface area (Å²) in [5, 5.41) is 10.6. The summed E-state index contributed by atoms with van der Waals surface area (Å²) in [7, 11) is 0. The Labute approximate surface area is 107 Å². The first-order chi connectivity index (χ1) is 7.54. The van der Waals surface area contributed by atoms with Gasteiger partial charge in [-0.25, -0.2) is 0 Å². The molecule has 0 fully saturated rings. The predicted octanol–water partition coefficient (Wildman–Crippen LogP) is 2.51. The van der Waals surface area contributed by atoms with Crippen LogP contribution < -0.4 is 10.5 Å². The van der Waals surface area contributed by atoms with E-state index >= 15 is 0 Å². The number of hydrogen-bond acceptors (Lipinski definition) is 4. The normalized spacial score (nSPS) is 9.88. The molecule has 5 nitrogen and oxygen atoms in total. The first-order valence-electron chi connectivity index (χ1n) is 5.14. The van der Waals surface area contributed by atoms with Gasteiger partial charge in [0.2, 0.25) is 0 Å². The molecule has 1 rings (SSSR count). The second-order valence-corrected chi connectivity index (χ2v) is 3.96. The van der Waals surface area contributed by atoms with Crippen molar-refractivity contribution in [3.05, 3.63) is 33.9 Å². The maximum Gasteiger partial charge on any atom is 0.270 e. The van der Waals surface area contributed by atoms with Crippen molar-refractivity contribution in [3.63, 3.8) is 0 Å². The molecule has 0 bridgehead atoms. The molecule has 0 unspecified atom stereocenters. The first-order valence-corrected chi connectivity index (χ1v) is 5.14. The largest absolute Gasteiger partial charge is 0.493 e. The minimum absolute atomic E-state index is 0. The number of hydrogen-bond donors (Lipinski definition) is 1. The molecule has 0 spiro atoms. The Hall–Kier alpha value is -1.33. The van der Waals surface area contributed by atoms with Crippen molar-refractivity contribution in [2.75, 3.05) is 6.61 Å². The molecule has 0 radical (unpaired) electrons. The van der Waals surface area contributed by atoms with Crippen molar-refractivity contribution in [2.24, 2.45) is 11.7 Å². The first kappa shape index (κ1) is 15.7. The molecule has 2 N–H and O–H groups in total. The van der Waals surface area contributed by atoms with E-state index in [0.29, 0.717) is 23.8 Å². The Bertz CT molecular complexity index is 383. The molecule has 6 heteroatoms. The number of halogens is 1. The van der Waals surface area contributed by atoms with Gasteiger partial charge in [-0.2, -0.15) is 0 Å². The van der Waals surface area contributed by atoms with Gasteiger partial charge in [-0.05, 0) is 12.0 Å². The Kier molecular flexibility index (Phi) is 6.53. The molecule has 0 saturated carbocycles. The van der Waals surface area contributed by atoms with E-state index in [1.54, 1.807) is 6.07 Å². The van der Waals surface area contributed by atoms with E-state index in [2.05, 4.69) is 0 Å². The van der Waals surface area contributed by atoms with Gasteiger partial charge in [-0.3, -0.25) is 10.1 Å². The summed E-state index contributed by atoms with van der Waals surface area (Å²) < 4.78 is 5.52. The molecule has 0 atom stereocenters. The third-order valence-electron chi connectivity index (χ3n) is 2.05. The highest BCUT2D eigenvalue weighted by atomic mass is 35.5. The standard InChI is InChI=1S/C11H16N2O3.ClH/c1-8(2)7-16-11-4-3-10(13(14)15)5-9(11)6-12;/h3-5,8H,6-7,12H2,1-2H3;1H. The summed E-state index contributed by atoms with van der Waals surface area (Å²) in [5.41, 5.74) is 6.22. The highest BCUT2D eigenvalue weighted by Gasteiger charge is 2.10. The Balaban J connectivity index is 0.00000256. The molecule has 0 saturated heterocycles. The van der Waals surface area contributed by atoms with Crippen LogP contribution in [0.2, 0.25) is 0 Å². The quantitative estimate of drug-likeness (QED) is 0.652. The maximum atomic E-state index is 10.6. The summed E-state index contributed by atoms with van der Waals surface area (Å²) in [5.74, 6) is 1.03. The zero-order valence-electron chi connectivity index (χ0n) is 9.88. The highest BCUT2D eigenvalue weighted by Crippen LogP contribution is 2.24. The monoisotopic (exact) mass is 260 g/mol. The van der Waals surface area contributed by atoms with Crippen LogP contribution in [-0.4, -0.2) is 11.5 Å². The smallest absolute Gasteiger partial charge is 0.270 e. The van der Waals surface area contributed by atoms with Crippen LogP contribution in [0.1, 0.15) is 19.4 Å². The molecule has 0 aliphatic rings. The van der Waals surface area contributed by atoms with Crippen LogP contribution in [0.3, 0.4) is 0 Å². The average molecular weight is 261 g/mol. The number of rotatable bonds is 5. The summed E-state index contributed by atoms with van der Waals surface area (Å²) in [4.78, 5) is 10.1. The van der Waals surface area contributed by atoms with Crippen LogP contribution in [0.15, 0.2) is 18.2 Å². The van der Waals surface area contributed by atoms with Crippen LogP contribution in [0.25, 0.3) is 0 Å². The third kappa shape index (κ3) is 4.58. The number of ether oxygens (including phenoxy) is 1. The van der Waals surface area contributed by atoms with E-state index in [9.17, 15) is 10.1 Å². The van der Waals surface area contributed by atoms with Crippen LogP contribution in [0, 0.1) is 16.0 Å². The summed E-state index contributed by atoms with van der Waals surface area (Å²) in [6, 6.07) is 4.48. The molecule has 1 aromatic rings. The van der Waals surface area contributed by atoms with Crippen molar-refractivity contribution >= 4 is 18.1 Å². The molecule has 0 aliphatic heterocycles. The molecule has 17 heavy (non-hydrogen) atoms. The van der Waals surface area contributed by atoms with Gasteiger partial charge in [0.25, 0.3) is 5.69 Å². The lowest BCUT2D eigenvalue weighted by Crippen LogP contribution is -2.08. The number of nitrogens with zero attached hydrogens (tertiary/aromatic N) is 1. The van der Waals surface area contributed by atoms with Gasteiger partial charge in [0.15, 0.2) is 0 Å². The zero-order valence-corrected chi connectivity index (χ0v) is 10.7. The van der Waals surface area contributed by atoms with Crippen LogP contribution >= 0.6 is 12.4 Å². The molecular formula is C11H17ClN2O3. The fraction of sp³-hybridized carbons (Fsp3) is 0.455. The van der Waals surface area contributed by atoms with Gasteiger partial charge in [0.1, 0.15) is 5.75 Å². The molecule has 96 valence electrons. The number of benzene rings is 1. The second kappa shape index (κ2) is 7.09. The van der Waals surface area contributed by atoms with E-state index in [1.165, 1.54) is 12.1 Å². The van der Waals surface area contributed by atoms with Crippen molar-refractivity contribution in [1.29, 1.82) is 0 Å². The van der Waals surface area contributed by atoms with Crippen molar-refractivity contribution < 1.29 is 9.66 Å². The lowest BCUT2D eigenvalue weighted by atomic mass is 10.1. The third-order valence-corrected chi connectivity index (χ3v) is 2.05. The molecular weight excluding hydrogens is 244 g/mol. The Morgan fingerprint density at radius 2 is 2.12 bits per heavy atom. The molecule has 0 aromatic heterocycles. The van der Waals surface area contributed by atoms with E-state index in [1.807, 2.05) is 13.8 Å². The van der Waals surface area contributed by atoms with Crippen molar-refractivity contribution in [1.82, 2.24) is 0 Å². The predicted molar refractivity (Wildman–Crippen MR) is 68.6 cm³/mol. The van der Waals surface area contributed by atoms with Gasteiger partial charge in [-0.1, -0.05) is 13.8 Å². The molecule has 0 heterocycles. The number of nitro groups is 1. The fourth-order valence-corrected chi connectivity index (χ4v) is 1.24. The Morgan fingerprint density at radius 1 is 1.47 bits per heavy atom. The fourth-order valence-electron chi connectivity index (χ4n) is 1.24. The maximum absolute atomic E-state index is 10.6. The van der Waals surface area contributed by atoms with Crippen LogP contribution in [0.5, 0.6) is 5.75 Å². The minimum atomic E-state index is -0.439. The SMILES string of the molecule is CC(C)COc1ccc([N+](=O)[O-])cc1CN.Cl. The second-order valence-electron chi connectivity index (χ2n) is 3.96. The van der Waals surface area contributed by atoms with Crippen LogP contribution in [0.4, 0.5) is 5.69 Å². The number of non-ortho nitro benzene ring substituents is 1. The lowest BCUT2D eigenvalue weighted by molar-refractivity contribution is -0.384. The minimum Gasteiger partial charge on any atom is -0.493 e. The van der Waals surface area contributed by atoms with Crippen molar-refractivity contribution in [3.8, 4) is 5.75 Å². The number of nitro benzene ring substituents is 1. The number of nitrogens with two attached hydrogens (primary N) is 1. The topological polar surface area (TPSA) is 78.4 Å². The summed E-state index contributed by atoms with van der Waals surface area (Å²) in [6.07, 6.45) is 0. The average Bonchev–Trinajstić information content (AvgIpc) is 2.25. The lowest BCUT2D eigenvalue weighted by Gasteiger charge is -2.11. The van der Waals surface area contributed by atoms with Gasteiger partial charge in [0, 0.05) is 24.2 Å². The van der Waals surface area contributed by atoms with E-state index in [0.717, 1.165) is 0 Å². The van der Waals surface area contributed by atoms with Gasteiger partial charge < -0.3 is 10.5 Å². The Morgan fingerprint density at radius 3 is 2.59 bits per heavy atom. The highest BCUT2D eigenvalue weighted by molar-refractivity contribution is 5.85. The van der Waals surface area contributed by atoms with Crippen LogP contribution in [-0.2, 0) is 6.54 Å². The van der Waals surface area contributed by atoms with E-state index in [4.69, 9.17) is 10.5 Å². The molecule has 1 aromatic carbocycles.